The van der Waals surface area contributed by atoms with Gasteiger partial charge >= 0.3 is 0 Å². The number of hydrogen-bond donors (Lipinski definition) is 0. The predicted octanol–water partition coefficient (Wildman–Crippen LogP) is 5.09. The molecule has 2 aromatic rings. The molecule has 1 heterocycles. The fourth-order valence-corrected chi connectivity index (χ4v) is 4.33. The Balaban J connectivity index is 1.73. The number of aryl methyl sites for hydroxylation is 2. The van der Waals surface area contributed by atoms with E-state index in [-0.39, 0.29) is 0 Å². The summed E-state index contributed by atoms with van der Waals surface area (Å²) in [6.45, 7) is 1.25. The van der Waals surface area contributed by atoms with E-state index in [0.29, 0.717) is 6.04 Å². The molecule has 1 atom stereocenters. The first-order valence-corrected chi connectivity index (χ1v) is 9.40. The van der Waals surface area contributed by atoms with Crippen LogP contribution in [0.25, 0.3) is 5.57 Å². The summed E-state index contributed by atoms with van der Waals surface area (Å²) >= 11 is 0. The van der Waals surface area contributed by atoms with Crippen LogP contribution < -0.4 is 0 Å². The molecule has 0 spiro atoms. The minimum Gasteiger partial charge on any atom is -0.303 e. The van der Waals surface area contributed by atoms with Gasteiger partial charge in [-0.2, -0.15) is 0 Å². The maximum atomic E-state index is 2.55. The maximum absolute atomic E-state index is 2.55. The quantitative estimate of drug-likeness (QED) is 0.745. The van der Waals surface area contributed by atoms with E-state index in [1.54, 1.807) is 0 Å². The van der Waals surface area contributed by atoms with E-state index >= 15 is 0 Å². The molecular formula is C23H27N. The Labute approximate surface area is 146 Å². The van der Waals surface area contributed by atoms with Gasteiger partial charge in [-0.25, -0.2) is 0 Å². The first kappa shape index (κ1) is 15.7. The molecule has 1 unspecified atom stereocenters. The van der Waals surface area contributed by atoms with Crippen LogP contribution in [-0.2, 0) is 12.8 Å². The number of benzene rings is 2. The molecule has 0 saturated carbocycles. The SMILES string of the molecule is CN1CCCCC1CC=C1c2ccccc2CCc2ccccc21. The smallest absolute Gasteiger partial charge is 0.0127 e. The number of fused-ring (bicyclic) bond motifs is 2. The van der Waals surface area contributed by atoms with Gasteiger partial charge < -0.3 is 4.90 Å². The second-order valence-electron chi connectivity index (χ2n) is 7.30. The van der Waals surface area contributed by atoms with Crippen LogP contribution >= 0.6 is 0 Å². The van der Waals surface area contributed by atoms with Crippen LogP contribution in [-0.4, -0.2) is 24.5 Å². The monoisotopic (exact) mass is 317 g/mol. The second-order valence-corrected chi connectivity index (χ2v) is 7.30. The minimum absolute atomic E-state index is 0.703. The lowest BCUT2D eigenvalue weighted by Gasteiger charge is -2.32. The van der Waals surface area contributed by atoms with E-state index < -0.39 is 0 Å². The largest absolute Gasteiger partial charge is 0.303 e. The van der Waals surface area contributed by atoms with Gasteiger partial charge in [0, 0.05) is 6.04 Å². The molecule has 0 amide bonds. The third-order valence-electron chi connectivity index (χ3n) is 5.79. The molecule has 1 aliphatic heterocycles. The fourth-order valence-electron chi connectivity index (χ4n) is 4.33. The van der Waals surface area contributed by atoms with Gasteiger partial charge in [0.15, 0.2) is 0 Å². The van der Waals surface area contributed by atoms with Crippen molar-refractivity contribution in [2.45, 2.75) is 44.6 Å². The third-order valence-corrected chi connectivity index (χ3v) is 5.79. The van der Waals surface area contributed by atoms with Crippen molar-refractivity contribution < 1.29 is 0 Å². The van der Waals surface area contributed by atoms with Gasteiger partial charge in [-0.05, 0) is 73.5 Å². The van der Waals surface area contributed by atoms with Crippen molar-refractivity contribution in [1.29, 1.82) is 0 Å². The van der Waals surface area contributed by atoms with Crippen molar-refractivity contribution in [2.24, 2.45) is 0 Å². The summed E-state index contributed by atoms with van der Waals surface area (Å²) in [5, 5.41) is 0. The molecule has 1 aliphatic carbocycles. The van der Waals surface area contributed by atoms with E-state index in [1.165, 1.54) is 53.6 Å². The van der Waals surface area contributed by atoms with E-state index in [4.69, 9.17) is 0 Å². The van der Waals surface area contributed by atoms with E-state index in [0.717, 1.165) is 19.3 Å². The lowest BCUT2D eigenvalue weighted by molar-refractivity contribution is 0.187. The Bertz CT molecular complexity index is 694. The van der Waals surface area contributed by atoms with Crippen molar-refractivity contribution in [2.75, 3.05) is 13.6 Å². The summed E-state index contributed by atoms with van der Waals surface area (Å²) in [4.78, 5) is 2.55. The fraction of sp³-hybridized carbons (Fsp3) is 0.391. The zero-order chi connectivity index (χ0) is 16.4. The molecule has 0 aromatic heterocycles. The average Bonchev–Trinajstić information content (AvgIpc) is 2.78. The summed E-state index contributed by atoms with van der Waals surface area (Å²) in [7, 11) is 2.29. The molecule has 124 valence electrons. The molecule has 0 radical (unpaired) electrons. The first-order valence-electron chi connectivity index (χ1n) is 9.40. The Kier molecular flexibility index (Phi) is 4.53. The first-order chi connectivity index (χ1) is 11.8. The van der Waals surface area contributed by atoms with E-state index in [9.17, 15) is 0 Å². The van der Waals surface area contributed by atoms with Gasteiger partial charge in [0.1, 0.15) is 0 Å². The van der Waals surface area contributed by atoms with Gasteiger partial charge in [0.2, 0.25) is 0 Å². The molecular weight excluding hydrogens is 290 g/mol. The van der Waals surface area contributed by atoms with Gasteiger partial charge in [-0.15, -0.1) is 0 Å². The molecule has 2 aromatic carbocycles. The zero-order valence-corrected chi connectivity index (χ0v) is 14.7. The van der Waals surface area contributed by atoms with Crippen LogP contribution in [0.4, 0.5) is 0 Å². The van der Waals surface area contributed by atoms with Crippen LogP contribution in [0.1, 0.15) is 47.9 Å². The Morgan fingerprint density at radius 3 is 2.17 bits per heavy atom. The summed E-state index contributed by atoms with van der Waals surface area (Å²) in [5.41, 5.74) is 7.34. The van der Waals surface area contributed by atoms with Crippen molar-refractivity contribution in [3.63, 3.8) is 0 Å². The molecule has 24 heavy (non-hydrogen) atoms. The van der Waals surface area contributed by atoms with Crippen LogP contribution in [0, 0.1) is 0 Å². The molecule has 0 N–H and O–H groups in total. The number of rotatable bonds is 2. The maximum Gasteiger partial charge on any atom is 0.0127 e. The predicted molar refractivity (Wildman–Crippen MR) is 102 cm³/mol. The molecule has 0 bridgehead atoms. The zero-order valence-electron chi connectivity index (χ0n) is 14.7. The second kappa shape index (κ2) is 6.94. The third kappa shape index (κ3) is 3.06. The lowest BCUT2D eigenvalue weighted by atomic mass is 9.91. The summed E-state index contributed by atoms with van der Waals surface area (Å²) in [6, 6.07) is 18.7. The normalized spacial score (nSPS) is 20.9. The summed E-state index contributed by atoms with van der Waals surface area (Å²) < 4.78 is 0. The van der Waals surface area contributed by atoms with Crippen LogP contribution in [0.2, 0.25) is 0 Å². The number of nitrogens with zero attached hydrogens (tertiary/aromatic N) is 1. The van der Waals surface area contributed by atoms with Gasteiger partial charge in [-0.3, -0.25) is 0 Å². The van der Waals surface area contributed by atoms with Crippen LogP contribution in [0.5, 0.6) is 0 Å². The van der Waals surface area contributed by atoms with Crippen LogP contribution in [0.15, 0.2) is 54.6 Å². The number of likely N-dealkylation sites (tertiary alicyclic amines) is 1. The van der Waals surface area contributed by atoms with E-state index in [1.807, 2.05) is 0 Å². The lowest BCUT2D eigenvalue weighted by Crippen LogP contribution is -2.35. The van der Waals surface area contributed by atoms with Crippen molar-refractivity contribution in [1.82, 2.24) is 4.90 Å². The van der Waals surface area contributed by atoms with Crippen molar-refractivity contribution in [3.05, 3.63) is 76.9 Å². The van der Waals surface area contributed by atoms with Gasteiger partial charge in [0.25, 0.3) is 0 Å². The Hall–Kier alpha value is -1.86. The molecule has 2 aliphatic rings. The Morgan fingerprint density at radius 2 is 1.54 bits per heavy atom. The summed E-state index contributed by atoms with van der Waals surface area (Å²) in [5.74, 6) is 0. The topological polar surface area (TPSA) is 3.24 Å². The average molecular weight is 317 g/mol. The number of piperidine rings is 1. The van der Waals surface area contributed by atoms with Crippen molar-refractivity contribution in [3.8, 4) is 0 Å². The molecule has 4 rings (SSSR count). The highest BCUT2D eigenvalue weighted by Crippen LogP contribution is 2.34. The number of hydrogen-bond acceptors (Lipinski definition) is 1. The highest BCUT2D eigenvalue weighted by molar-refractivity contribution is 5.83. The highest BCUT2D eigenvalue weighted by Gasteiger charge is 2.20. The van der Waals surface area contributed by atoms with Crippen molar-refractivity contribution >= 4 is 5.57 Å². The standard InChI is InChI=1S/C23H27N/c1-24-17-7-6-10-20(24)15-16-23-21-11-4-2-8-18(21)13-14-19-9-3-5-12-22(19)23/h2-5,8-9,11-12,16,20H,6-7,10,13-15,17H2,1H3. The Morgan fingerprint density at radius 1 is 0.917 bits per heavy atom. The summed E-state index contributed by atoms with van der Waals surface area (Å²) in [6.07, 6.45) is 10.1. The van der Waals surface area contributed by atoms with Crippen LogP contribution in [0.3, 0.4) is 0 Å². The minimum atomic E-state index is 0.703. The van der Waals surface area contributed by atoms with E-state index in [2.05, 4.69) is 66.6 Å². The molecule has 1 saturated heterocycles. The van der Waals surface area contributed by atoms with Gasteiger partial charge in [0.05, 0.1) is 0 Å². The molecule has 1 fully saturated rings. The van der Waals surface area contributed by atoms with Gasteiger partial charge in [-0.1, -0.05) is 61.0 Å². The highest BCUT2D eigenvalue weighted by atomic mass is 15.1. The molecule has 1 heteroatoms. The molecule has 1 nitrogen and oxygen atoms in total.